The molecule has 0 heterocycles. The molecule has 0 aromatic heterocycles. The lowest BCUT2D eigenvalue weighted by Crippen LogP contribution is -2.02. The van der Waals surface area contributed by atoms with Gasteiger partial charge in [-0.3, -0.25) is 0 Å². The van der Waals surface area contributed by atoms with Gasteiger partial charge >= 0.3 is 0 Å². The third-order valence-corrected chi connectivity index (χ3v) is 1.78. The van der Waals surface area contributed by atoms with Gasteiger partial charge in [0.25, 0.3) is 0 Å². The van der Waals surface area contributed by atoms with Crippen molar-refractivity contribution in [1.29, 1.82) is 0 Å². The zero-order valence-corrected chi connectivity index (χ0v) is 6.53. The summed E-state index contributed by atoms with van der Waals surface area (Å²) in [7, 11) is 0. The van der Waals surface area contributed by atoms with Crippen molar-refractivity contribution in [3.05, 3.63) is 48.7 Å². The molecular weight excluding hydrogens is 134 g/mol. The predicted octanol–water partition coefficient (Wildman–Crippen LogP) is 2.15. The summed E-state index contributed by atoms with van der Waals surface area (Å²) in [5, 5.41) is 0. The van der Waals surface area contributed by atoms with Gasteiger partial charge in [0.05, 0.1) is 0 Å². The van der Waals surface area contributed by atoms with Gasteiger partial charge in [-0.1, -0.05) is 30.4 Å². The molecule has 1 aliphatic carbocycles. The molecule has 0 bridgehead atoms. The minimum Gasteiger partial charge on any atom is -0.404 e. The van der Waals surface area contributed by atoms with Crippen molar-refractivity contribution in [2.45, 2.75) is 6.42 Å². The highest BCUT2D eigenvalue weighted by Crippen LogP contribution is 2.20. The first-order valence-corrected chi connectivity index (χ1v) is 3.76. The zero-order valence-electron chi connectivity index (χ0n) is 6.53. The van der Waals surface area contributed by atoms with Crippen molar-refractivity contribution in [2.75, 3.05) is 0 Å². The summed E-state index contributed by atoms with van der Waals surface area (Å²) in [6.45, 7) is 3.70. The Labute approximate surface area is 67.6 Å². The molecule has 0 radical (unpaired) electrons. The third-order valence-electron chi connectivity index (χ3n) is 1.78. The molecule has 1 heteroatoms. The van der Waals surface area contributed by atoms with Gasteiger partial charge in [-0.05, 0) is 18.2 Å². The van der Waals surface area contributed by atoms with E-state index in [1.54, 1.807) is 6.20 Å². The standard InChI is InChI=1S/C10H13N/c1-2-5-9-6-3-4-7-10(9)8-11/h2-4,6-9H,1,5,11H2. The molecule has 11 heavy (non-hydrogen) atoms. The largest absolute Gasteiger partial charge is 0.404 e. The van der Waals surface area contributed by atoms with E-state index in [0.29, 0.717) is 5.92 Å². The van der Waals surface area contributed by atoms with E-state index in [0.717, 1.165) is 6.42 Å². The number of rotatable bonds is 2. The van der Waals surface area contributed by atoms with Crippen LogP contribution in [-0.2, 0) is 0 Å². The van der Waals surface area contributed by atoms with E-state index in [1.165, 1.54) is 5.57 Å². The lowest BCUT2D eigenvalue weighted by atomic mass is 9.92. The maximum absolute atomic E-state index is 5.44. The fraction of sp³-hybridized carbons (Fsp3) is 0.200. The lowest BCUT2D eigenvalue weighted by Gasteiger charge is -2.13. The van der Waals surface area contributed by atoms with E-state index in [4.69, 9.17) is 5.73 Å². The summed E-state index contributed by atoms with van der Waals surface area (Å²) in [6, 6.07) is 0. The number of hydrogen-bond acceptors (Lipinski definition) is 1. The molecule has 0 spiro atoms. The van der Waals surface area contributed by atoms with Crippen molar-refractivity contribution < 1.29 is 0 Å². The minimum absolute atomic E-state index is 0.433. The van der Waals surface area contributed by atoms with E-state index in [1.807, 2.05) is 24.3 Å². The van der Waals surface area contributed by atoms with Crippen molar-refractivity contribution in [3.63, 3.8) is 0 Å². The van der Waals surface area contributed by atoms with Crippen LogP contribution in [-0.4, -0.2) is 0 Å². The fourth-order valence-corrected chi connectivity index (χ4v) is 1.17. The van der Waals surface area contributed by atoms with Crippen LogP contribution in [0, 0.1) is 5.92 Å². The second-order valence-corrected chi connectivity index (χ2v) is 2.54. The van der Waals surface area contributed by atoms with Crippen LogP contribution < -0.4 is 5.73 Å². The summed E-state index contributed by atoms with van der Waals surface area (Å²) < 4.78 is 0. The first-order chi connectivity index (χ1) is 5.38. The Bertz CT molecular complexity index is 221. The molecule has 0 saturated carbocycles. The molecule has 1 aliphatic rings. The van der Waals surface area contributed by atoms with Crippen LogP contribution in [0.25, 0.3) is 0 Å². The normalized spacial score (nSPS) is 25.8. The Kier molecular flexibility index (Phi) is 2.73. The van der Waals surface area contributed by atoms with Crippen LogP contribution in [0.4, 0.5) is 0 Å². The van der Waals surface area contributed by atoms with Crippen LogP contribution in [0.3, 0.4) is 0 Å². The van der Waals surface area contributed by atoms with Crippen molar-refractivity contribution >= 4 is 0 Å². The van der Waals surface area contributed by atoms with Gasteiger partial charge in [-0.2, -0.15) is 0 Å². The van der Waals surface area contributed by atoms with Crippen molar-refractivity contribution in [2.24, 2.45) is 11.7 Å². The molecule has 0 aromatic rings. The second-order valence-electron chi connectivity index (χ2n) is 2.54. The number of allylic oxidation sites excluding steroid dienone is 6. The highest BCUT2D eigenvalue weighted by atomic mass is 14.5. The predicted molar refractivity (Wildman–Crippen MR) is 48.9 cm³/mol. The summed E-state index contributed by atoms with van der Waals surface area (Å²) in [4.78, 5) is 0. The Morgan fingerprint density at radius 3 is 3.00 bits per heavy atom. The van der Waals surface area contributed by atoms with Crippen LogP contribution in [0.5, 0.6) is 0 Å². The maximum atomic E-state index is 5.44. The molecule has 1 nitrogen and oxygen atoms in total. The molecule has 58 valence electrons. The smallest absolute Gasteiger partial charge is 0.00696 e. The van der Waals surface area contributed by atoms with E-state index in [9.17, 15) is 0 Å². The summed E-state index contributed by atoms with van der Waals surface area (Å²) in [5.74, 6) is 0.433. The number of nitrogens with two attached hydrogens (primary N) is 1. The number of hydrogen-bond donors (Lipinski definition) is 1. The Balaban J connectivity index is 2.70. The molecule has 0 fully saturated rings. The minimum atomic E-state index is 0.433. The van der Waals surface area contributed by atoms with E-state index < -0.39 is 0 Å². The van der Waals surface area contributed by atoms with Gasteiger partial charge in [-0.25, -0.2) is 0 Å². The Morgan fingerprint density at radius 1 is 1.55 bits per heavy atom. The van der Waals surface area contributed by atoms with Crippen LogP contribution in [0.2, 0.25) is 0 Å². The SMILES string of the molecule is C=CCC1C=CC=CC1=CN. The lowest BCUT2D eigenvalue weighted by molar-refractivity contribution is 0.788. The molecular formula is C10H13N. The summed E-state index contributed by atoms with van der Waals surface area (Å²) in [6.07, 6.45) is 12.8. The van der Waals surface area contributed by atoms with Gasteiger partial charge in [0, 0.05) is 5.92 Å². The average Bonchev–Trinajstić information content (AvgIpc) is 2.06. The van der Waals surface area contributed by atoms with Gasteiger partial charge in [0.15, 0.2) is 0 Å². The monoisotopic (exact) mass is 147 g/mol. The summed E-state index contributed by atoms with van der Waals surface area (Å²) in [5.41, 5.74) is 6.62. The van der Waals surface area contributed by atoms with Crippen LogP contribution in [0.1, 0.15) is 6.42 Å². The maximum Gasteiger partial charge on any atom is 0.00696 e. The molecule has 0 aliphatic heterocycles. The van der Waals surface area contributed by atoms with Gasteiger partial charge in [0.2, 0.25) is 0 Å². The average molecular weight is 147 g/mol. The van der Waals surface area contributed by atoms with Crippen molar-refractivity contribution in [1.82, 2.24) is 0 Å². The molecule has 2 N–H and O–H groups in total. The van der Waals surface area contributed by atoms with E-state index in [2.05, 4.69) is 12.7 Å². The quantitative estimate of drug-likeness (QED) is 0.595. The summed E-state index contributed by atoms with van der Waals surface area (Å²) >= 11 is 0. The topological polar surface area (TPSA) is 26.0 Å². The van der Waals surface area contributed by atoms with Gasteiger partial charge in [-0.15, -0.1) is 6.58 Å². The zero-order chi connectivity index (χ0) is 8.10. The first-order valence-electron chi connectivity index (χ1n) is 3.76. The highest BCUT2D eigenvalue weighted by Gasteiger charge is 2.07. The van der Waals surface area contributed by atoms with Crippen LogP contribution >= 0.6 is 0 Å². The second kappa shape index (κ2) is 3.81. The van der Waals surface area contributed by atoms with E-state index >= 15 is 0 Å². The first kappa shape index (κ1) is 7.86. The fourth-order valence-electron chi connectivity index (χ4n) is 1.17. The Hall–Kier alpha value is -1.24. The van der Waals surface area contributed by atoms with E-state index in [-0.39, 0.29) is 0 Å². The molecule has 1 atom stereocenters. The van der Waals surface area contributed by atoms with Crippen molar-refractivity contribution in [3.8, 4) is 0 Å². The molecule has 0 saturated heterocycles. The third kappa shape index (κ3) is 1.84. The molecule has 1 rings (SSSR count). The van der Waals surface area contributed by atoms with Gasteiger partial charge < -0.3 is 5.73 Å². The Morgan fingerprint density at radius 2 is 2.36 bits per heavy atom. The van der Waals surface area contributed by atoms with Gasteiger partial charge in [0.1, 0.15) is 0 Å². The highest BCUT2D eigenvalue weighted by molar-refractivity contribution is 5.32. The molecule has 0 aromatic carbocycles. The molecule has 0 amide bonds. The van der Waals surface area contributed by atoms with Crippen LogP contribution in [0.15, 0.2) is 48.7 Å². The molecule has 1 unspecified atom stereocenters.